The van der Waals surface area contributed by atoms with Crippen molar-refractivity contribution in [2.45, 2.75) is 24.4 Å². The molecule has 7 heteroatoms. The van der Waals surface area contributed by atoms with Crippen molar-refractivity contribution >= 4 is 0 Å². The lowest BCUT2D eigenvalue weighted by molar-refractivity contribution is -0.120. The summed E-state index contributed by atoms with van der Waals surface area (Å²) < 4.78 is 81.4. The van der Waals surface area contributed by atoms with E-state index in [1.54, 1.807) is 0 Å². The van der Waals surface area contributed by atoms with E-state index in [0.29, 0.717) is 5.75 Å². The van der Waals surface area contributed by atoms with Crippen molar-refractivity contribution in [2.24, 2.45) is 0 Å². The monoisotopic (exact) mass is 296 g/mol. The highest BCUT2D eigenvalue weighted by molar-refractivity contribution is 5.44. The second kappa shape index (κ2) is 4.71. The summed E-state index contributed by atoms with van der Waals surface area (Å²) in [6.07, 6.45) is -6.23. The Balaban J connectivity index is 2.38. The highest BCUT2D eigenvalue weighted by atomic mass is 19.4. The van der Waals surface area contributed by atoms with Crippen LogP contribution in [0.4, 0.5) is 26.3 Å². The lowest BCUT2D eigenvalue weighted by Crippen LogP contribution is -2.40. The molecular formula is C13H10F6O. The van der Waals surface area contributed by atoms with Crippen LogP contribution in [0.25, 0.3) is 0 Å². The molecule has 1 nitrogen and oxygen atoms in total. The van der Waals surface area contributed by atoms with Gasteiger partial charge in [0.15, 0.2) is 0 Å². The zero-order chi connectivity index (χ0) is 15.1. The Morgan fingerprint density at radius 3 is 2.15 bits per heavy atom. The van der Waals surface area contributed by atoms with Crippen molar-refractivity contribution in [3.05, 3.63) is 41.2 Å². The first-order valence-electron chi connectivity index (χ1n) is 5.66. The first-order chi connectivity index (χ1) is 9.16. The summed E-state index contributed by atoms with van der Waals surface area (Å²) in [5.74, 6) is -7.29. The number of methoxy groups -OCH3 is 1. The van der Waals surface area contributed by atoms with Gasteiger partial charge in [-0.05, 0) is 17.7 Å². The fraction of sp³-hybridized carbons (Fsp3) is 0.385. The van der Waals surface area contributed by atoms with Gasteiger partial charge in [-0.2, -0.15) is 13.2 Å². The molecule has 110 valence electrons. The van der Waals surface area contributed by atoms with E-state index >= 15 is 0 Å². The van der Waals surface area contributed by atoms with Crippen LogP contribution in [0.3, 0.4) is 0 Å². The molecule has 0 radical (unpaired) electrons. The largest absolute Gasteiger partial charge is 0.497 e. The summed E-state index contributed by atoms with van der Waals surface area (Å²) in [6, 6.07) is 5.55. The van der Waals surface area contributed by atoms with Crippen LogP contribution in [-0.2, 0) is 0 Å². The number of halogens is 6. The average molecular weight is 296 g/mol. The molecule has 1 aromatic carbocycles. The van der Waals surface area contributed by atoms with Crippen molar-refractivity contribution in [3.8, 4) is 5.75 Å². The van der Waals surface area contributed by atoms with Gasteiger partial charge in [-0.15, -0.1) is 0 Å². The molecule has 0 N–H and O–H groups in total. The quantitative estimate of drug-likeness (QED) is 0.724. The second-order valence-electron chi connectivity index (χ2n) is 4.46. The smallest absolute Gasteiger partial charge is 0.443 e. The molecule has 0 spiro atoms. The predicted molar refractivity (Wildman–Crippen MR) is 59.5 cm³/mol. The lowest BCUT2D eigenvalue weighted by atomic mass is 9.71. The van der Waals surface area contributed by atoms with Gasteiger partial charge in [-0.25, -0.2) is 13.2 Å². The van der Waals surface area contributed by atoms with Crippen LogP contribution >= 0.6 is 0 Å². The van der Waals surface area contributed by atoms with Gasteiger partial charge < -0.3 is 4.74 Å². The van der Waals surface area contributed by atoms with E-state index in [-0.39, 0.29) is 5.56 Å². The molecule has 1 fully saturated rings. The number of benzene rings is 1. The Kier molecular flexibility index (Phi) is 3.47. The first-order valence-corrected chi connectivity index (χ1v) is 5.66. The molecule has 0 bridgehead atoms. The molecule has 0 aliphatic heterocycles. The minimum Gasteiger partial charge on any atom is -0.497 e. The molecule has 1 atom stereocenters. The standard InChI is InChI=1S/C13H10F6O/c1-20-8-4-2-7(3-5-8)9-6-12(15,16)10(9)11(14)13(17,18)19/h2-5,9H,6H2,1H3/b11-10-. The number of hydrogen-bond donors (Lipinski definition) is 0. The van der Waals surface area contributed by atoms with Crippen molar-refractivity contribution < 1.29 is 31.1 Å². The van der Waals surface area contributed by atoms with E-state index in [0.717, 1.165) is 0 Å². The van der Waals surface area contributed by atoms with Crippen LogP contribution in [0.2, 0.25) is 0 Å². The minimum absolute atomic E-state index is 0.200. The van der Waals surface area contributed by atoms with Crippen molar-refractivity contribution in [2.75, 3.05) is 7.11 Å². The molecule has 1 unspecified atom stereocenters. The first kappa shape index (κ1) is 14.7. The average Bonchev–Trinajstić information content (AvgIpc) is 2.35. The van der Waals surface area contributed by atoms with E-state index in [1.807, 2.05) is 0 Å². The van der Waals surface area contributed by atoms with Crippen molar-refractivity contribution in [1.29, 1.82) is 0 Å². The van der Waals surface area contributed by atoms with Gasteiger partial charge in [0.2, 0.25) is 5.83 Å². The Morgan fingerprint density at radius 1 is 1.20 bits per heavy atom. The van der Waals surface area contributed by atoms with E-state index in [2.05, 4.69) is 0 Å². The summed E-state index contributed by atoms with van der Waals surface area (Å²) >= 11 is 0. The number of alkyl halides is 5. The summed E-state index contributed by atoms with van der Waals surface area (Å²) in [5, 5.41) is 0. The van der Waals surface area contributed by atoms with Gasteiger partial charge in [0.1, 0.15) is 5.75 Å². The van der Waals surface area contributed by atoms with Crippen LogP contribution in [0.15, 0.2) is 35.7 Å². The molecule has 1 aliphatic rings. The van der Waals surface area contributed by atoms with Gasteiger partial charge >= 0.3 is 6.18 Å². The highest BCUT2D eigenvalue weighted by Crippen LogP contribution is 2.56. The van der Waals surface area contributed by atoms with Crippen molar-refractivity contribution in [1.82, 2.24) is 0 Å². The van der Waals surface area contributed by atoms with Crippen molar-refractivity contribution in [3.63, 3.8) is 0 Å². The number of hydrogen-bond acceptors (Lipinski definition) is 1. The Bertz CT molecular complexity index is 529. The van der Waals surface area contributed by atoms with Crippen LogP contribution in [0.1, 0.15) is 17.9 Å². The molecule has 2 rings (SSSR count). The summed E-state index contributed by atoms with van der Waals surface area (Å²) in [6.45, 7) is 0. The Hall–Kier alpha value is -1.66. The Labute approximate surface area is 110 Å². The fourth-order valence-electron chi connectivity index (χ4n) is 2.18. The molecule has 1 aromatic rings. The maximum atomic E-state index is 13.2. The highest BCUT2D eigenvalue weighted by Gasteiger charge is 2.57. The van der Waals surface area contributed by atoms with E-state index in [4.69, 9.17) is 4.74 Å². The second-order valence-corrected chi connectivity index (χ2v) is 4.46. The topological polar surface area (TPSA) is 9.23 Å². The lowest BCUT2D eigenvalue weighted by Gasteiger charge is -2.39. The molecule has 20 heavy (non-hydrogen) atoms. The molecule has 0 amide bonds. The van der Waals surface area contributed by atoms with E-state index < -0.39 is 35.8 Å². The molecule has 1 aliphatic carbocycles. The van der Waals surface area contributed by atoms with Crippen LogP contribution in [-0.4, -0.2) is 19.2 Å². The predicted octanol–water partition coefficient (Wildman–Crippen LogP) is 4.60. The van der Waals surface area contributed by atoms with E-state index in [9.17, 15) is 26.3 Å². The number of ether oxygens (including phenoxy) is 1. The van der Waals surface area contributed by atoms with Crippen LogP contribution in [0.5, 0.6) is 5.75 Å². The normalized spacial score (nSPS) is 24.1. The maximum absolute atomic E-state index is 13.2. The number of allylic oxidation sites excluding steroid dienone is 2. The van der Waals surface area contributed by atoms with Gasteiger partial charge in [0.05, 0.1) is 7.11 Å². The van der Waals surface area contributed by atoms with E-state index in [1.165, 1.54) is 31.4 Å². The van der Waals surface area contributed by atoms with Gasteiger partial charge in [0, 0.05) is 17.9 Å². The number of rotatable bonds is 2. The molecular weight excluding hydrogens is 286 g/mol. The molecule has 0 heterocycles. The maximum Gasteiger partial charge on any atom is 0.443 e. The SMILES string of the molecule is COc1ccc(C2CC(F)(F)/C2=C(\F)C(F)(F)F)cc1. The third-order valence-corrected chi connectivity index (χ3v) is 3.21. The zero-order valence-corrected chi connectivity index (χ0v) is 10.3. The van der Waals surface area contributed by atoms with Gasteiger partial charge in [-0.1, -0.05) is 12.1 Å². The minimum atomic E-state index is -5.40. The molecule has 0 saturated heterocycles. The summed E-state index contributed by atoms with van der Waals surface area (Å²) in [5.41, 5.74) is -1.29. The Morgan fingerprint density at radius 2 is 1.75 bits per heavy atom. The third-order valence-electron chi connectivity index (χ3n) is 3.21. The zero-order valence-electron chi connectivity index (χ0n) is 10.3. The van der Waals surface area contributed by atoms with Crippen LogP contribution in [0, 0.1) is 0 Å². The molecule has 0 aromatic heterocycles. The van der Waals surface area contributed by atoms with Gasteiger partial charge in [0.25, 0.3) is 5.92 Å². The summed E-state index contributed by atoms with van der Waals surface area (Å²) in [4.78, 5) is 0. The summed E-state index contributed by atoms with van der Waals surface area (Å²) in [7, 11) is 1.39. The van der Waals surface area contributed by atoms with Crippen LogP contribution < -0.4 is 4.74 Å². The fourth-order valence-corrected chi connectivity index (χ4v) is 2.18. The molecule has 1 saturated carbocycles. The third kappa shape index (κ3) is 2.48. The van der Waals surface area contributed by atoms with Gasteiger partial charge in [-0.3, -0.25) is 0 Å².